The summed E-state index contributed by atoms with van der Waals surface area (Å²) in [6, 6.07) is 3.56. The predicted octanol–water partition coefficient (Wildman–Crippen LogP) is 0.402. The fourth-order valence-corrected chi connectivity index (χ4v) is 3.62. The Hall–Kier alpha value is -4.05. The maximum atomic E-state index is 13.1. The number of hydrogen-bond donors (Lipinski definition) is 3. The second kappa shape index (κ2) is 10.5. The van der Waals surface area contributed by atoms with Gasteiger partial charge in [0.05, 0.1) is 25.0 Å². The van der Waals surface area contributed by atoms with Gasteiger partial charge >= 0.3 is 6.18 Å². The summed E-state index contributed by atoms with van der Waals surface area (Å²) in [6.07, 6.45) is -4.66. The van der Waals surface area contributed by atoms with E-state index in [-0.39, 0.29) is 17.3 Å². The number of carbonyl (C=O) groups is 3. The molecule has 0 bridgehead atoms. The van der Waals surface area contributed by atoms with Crippen molar-refractivity contribution in [1.29, 1.82) is 0 Å². The van der Waals surface area contributed by atoms with E-state index < -0.39 is 54.6 Å². The number of aliphatic hydroxyl groups excluding tert-OH is 1. The molecule has 3 N–H and O–H groups in total. The van der Waals surface area contributed by atoms with Crippen molar-refractivity contribution in [3.63, 3.8) is 0 Å². The lowest BCUT2D eigenvalue weighted by atomic mass is 10.2. The number of amides is 3. The Morgan fingerprint density at radius 3 is 2.57 bits per heavy atom. The molecule has 4 heterocycles. The summed E-state index contributed by atoms with van der Waals surface area (Å²) in [5.74, 6) is -3.03. The zero-order valence-corrected chi connectivity index (χ0v) is 19.0. The molecule has 0 radical (unpaired) electrons. The molecule has 0 aromatic carbocycles. The molecule has 1 fully saturated rings. The maximum Gasteiger partial charge on any atom is 0.405 e. The molecular weight excluding hydrogens is 506 g/mol. The zero-order chi connectivity index (χ0) is 26.7. The Bertz CT molecular complexity index is 1210. The SMILES string of the molecule is O=C(CN1C=C(C(=O)NCC(F)(F)F)C(O)n2nc(C(=O)N3CCOCC3)cc21)Nc1ccc(F)cn1. The molecule has 0 spiro atoms. The number of aliphatic hydroxyl groups is 1. The van der Waals surface area contributed by atoms with E-state index >= 15 is 0 Å². The minimum atomic E-state index is -4.70. The Kier molecular flexibility index (Phi) is 7.40. The van der Waals surface area contributed by atoms with Crippen LogP contribution < -0.4 is 15.5 Å². The predicted molar refractivity (Wildman–Crippen MR) is 118 cm³/mol. The lowest BCUT2D eigenvalue weighted by molar-refractivity contribution is -0.137. The summed E-state index contributed by atoms with van der Waals surface area (Å²) in [4.78, 5) is 44.3. The van der Waals surface area contributed by atoms with Crippen LogP contribution in [0.3, 0.4) is 0 Å². The smallest absolute Gasteiger partial charge is 0.378 e. The van der Waals surface area contributed by atoms with Crippen molar-refractivity contribution in [2.45, 2.75) is 12.4 Å². The molecule has 16 heteroatoms. The first-order valence-corrected chi connectivity index (χ1v) is 10.9. The van der Waals surface area contributed by atoms with Gasteiger partial charge in [0.2, 0.25) is 5.91 Å². The second-order valence-electron chi connectivity index (χ2n) is 8.03. The third-order valence-electron chi connectivity index (χ3n) is 5.35. The largest absolute Gasteiger partial charge is 0.405 e. The number of pyridine rings is 1. The number of halogens is 4. The van der Waals surface area contributed by atoms with Gasteiger partial charge in [0, 0.05) is 25.4 Å². The minimum Gasteiger partial charge on any atom is -0.378 e. The number of rotatable bonds is 6. The lowest BCUT2D eigenvalue weighted by Gasteiger charge is -2.29. The molecule has 2 aliphatic heterocycles. The van der Waals surface area contributed by atoms with E-state index in [4.69, 9.17) is 4.74 Å². The Morgan fingerprint density at radius 2 is 1.92 bits per heavy atom. The fourth-order valence-electron chi connectivity index (χ4n) is 3.62. The van der Waals surface area contributed by atoms with Gasteiger partial charge in [0.15, 0.2) is 11.9 Å². The standard InChI is InChI=1S/C21H21F4N7O5/c22-12-1-2-15(26-8-12)28-16(33)10-31-9-13(18(34)27-11-21(23,24)25)19(35)32-17(31)7-14(29-32)20(36)30-3-5-37-6-4-30/h1-2,7-9,19,35H,3-6,10-11H2,(H,27,34)(H,26,28,33). The van der Waals surface area contributed by atoms with Gasteiger partial charge in [-0.1, -0.05) is 0 Å². The van der Waals surface area contributed by atoms with E-state index in [1.165, 1.54) is 17.0 Å². The third-order valence-corrected chi connectivity index (χ3v) is 5.35. The molecule has 0 saturated carbocycles. The lowest BCUT2D eigenvalue weighted by Crippen LogP contribution is -2.41. The highest BCUT2D eigenvalue weighted by Gasteiger charge is 2.35. The number of carbonyl (C=O) groups excluding carboxylic acids is 3. The van der Waals surface area contributed by atoms with Crippen LogP contribution in [0.2, 0.25) is 0 Å². The quantitative estimate of drug-likeness (QED) is 0.459. The van der Waals surface area contributed by atoms with Crippen molar-refractivity contribution >= 4 is 29.4 Å². The van der Waals surface area contributed by atoms with Crippen molar-refractivity contribution in [1.82, 2.24) is 25.0 Å². The molecule has 0 aliphatic carbocycles. The summed E-state index contributed by atoms with van der Waals surface area (Å²) in [5, 5.41) is 18.8. The van der Waals surface area contributed by atoms with Crippen molar-refractivity contribution in [3.05, 3.63) is 47.7 Å². The number of anilines is 2. The average Bonchev–Trinajstić information content (AvgIpc) is 3.32. The molecule has 2 aliphatic rings. The highest BCUT2D eigenvalue weighted by Crippen LogP contribution is 2.31. The molecule has 2 aromatic heterocycles. The number of nitrogens with one attached hydrogen (secondary N) is 2. The van der Waals surface area contributed by atoms with Gasteiger partial charge in [0.25, 0.3) is 11.8 Å². The first-order valence-electron chi connectivity index (χ1n) is 10.9. The van der Waals surface area contributed by atoms with Crippen LogP contribution in [-0.2, 0) is 14.3 Å². The van der Waals surface area contributed by atoms with Crippen molar-refractivity contribution in [3.8, 4) is 0 Å². The summed E-state index contributed by atoms with van der Waals surface area (Å²) in [7, 11) is 0. The summed E-state index contributed by atoms with van der Waals surface area (Å²) >= 11 is 0. The van der Waals surface area contributed by atoms with Gasteiger partial charge in [-0.15, -0.1) is 0 Å². The van der Waals surface area contributed by atoms with Crippen LogP contribution in [0.5, 0.6) is 0 Å². The molecule has 1 saturated heterocycles. The van der Waals surface area contributed by atoms with Gasteiger partial charge in [-0.3, -0.25) is 14.4 Å². The van der Waals surface area contributed by atoms with Crippen LogP contribution in [0.15, 0.2) is 36.2 Å². The topological polar surface area (TPSA) is 142 Å². The number of hydrogen-bond acceptors (Lipinski definition) is 8. The number of aromatic nitrogens is 3. The van der Waals surface area contributed by atoms with E-state index in [1.54, 1.807) is 5.32 Å². The third kappa shape index (κ3) is 6.21. The van der Waals surface area contributed by atoms with Gasteiger partial charge in [-0.25, -0.2) is 14.1 Å². The molecule has 2 aromatic rings. The molecular formula is C21H21F4N7O5. The highest BCUT2D eigenvalue weighted by atomic mass is 19.4. The van der Waals surface area contributed by atoms with E-state index in [1.807, 2.05) is 0 Å². The average molecular weight is 527 g/mol. The molecule has 37 heavy (non-hydrogen) atoms. The Labute approximate surface area is 206 Å². The highest BCUT2D eigenvalue weighted by molar-refractivity contribution is 5.98. The summed E-state index contributed by atoms with van der Waals surface area (Å²) < 4.78 is 57.0. The molecule has 4 rings (SSSR count). The van der Waals surface area contributed by atoms with E-state index in [9.17, 15) is 37.1 Å². The first-order chi connectivity index (χ1) is 17.5. The normalized spacial score (nSPS) is 17.6. The van der Waals surface area contributed by atoms with Gasteiger partial charge < -0.3 is 30.3 Å². The maximum absolute atomic E-state index is 13.1. The van der Waals surface area contributed by atoms with Gasteiger partial charge in [0.1, 0.15) is 30.5 Å². The van der Waals surface area contributed by atoms with Gasteiger partial charge in [-0.05, 0) is 12.1 Å². The van der Waals surface area contributed by atoms with Crippen LogP contribution in [0.1, 0.15) is 16.7 Å². The number of alkyl halides is 3. The van der Waals surface area contributed by atoms with Crippen LogP contribution in [0, 0.1) is 5.82 Å². The number of nitrogens with zero attached hydrogens (tertiary/aromatic N) is 5. The Balaban J connectivity index is 1.60. The molecule has 198 valence electrons. The van der Waals surface area contributed by atoms with Crippen LogP contribution in [0.4, 0.5) is 29.2 Å². The molecule has 12 nitrogen and oxygen atoms in total. The number of morpholine rings is 1. The van der Waals surface area contributed by atoms with Gasteiger partial charge in [-0.2, -0.15) is 18.3 Å². The Morgan fingerprint density at radius 1 is 1.19 bits per heavy atom. The van der Waals surface area contributed by atoms with E-state index in [0.29, 0.717) is 26.3 Å². The van der Waals surface area contributed by atoms with Crippen molar-refractivity contribution in [2.75, 3.05) is 49.6 Å². The molecule has 3 amide bonds. The number of fused-ring (bicyclic) bond motifs is 1. The van der Waals surface area contributed by atoms with Crippen molar-refractivity contribution < 1.29 is 41.8 Å². The van der Waals surface area contributed by atoms with Crippen LogP contribution in [0.25, 0.3) is 0 Å². The van der Waals surface area contributed by atoms with Crippen molar-refractivity contribution in [2.24, 2.45) is 0 Å². The summed E-state index contributed by atoms with van der Waals surface area (Å²) in [6.45, 7) is -0.945. The van der Waals surface area contributed by atoms with E-state index in [2.05, 4.69) is 15.4 Å². The second-order valence-corrected chi connectivity index (χ2v) is 8.03. The zero-order valence-electron chi connectivity index (χ0n) is 19.0. The van der Waals surface area contributed by atoms with E-state index in [0.717, 1.165) is 28.0 Å². The van der Waals surface area contributed by atoms with Crippen LogP contribution in [-0.4, -0.2) is 88.1 Å². The molecule has 1 atom stereocenters. The first kappa shape index (κ1) is 26.0. The monoisotopic (exact) mass is 527 g/mol. The fraction of sp³-hybridized carbons (Fsp3) is 0.381. The minimum absolute atomic E-state index is 0.0206. The summed E-state index contributed by atoms with van der Waals surface area (Å²) in [5.41, 5.74) is -0.662. The van der Waals surface area contributed by atoms with Crippen LogP contribution >= 0.6 is 0 Å². The number of ether oxygens (including phenoxy) is 1. The molecule has 1 unspecified atom stereocenters.